The molecule has 0 aromatic heterocycles. The molecule has 2 amide bonds. The molecule has 1 heterocycles. The first-order chi connectivity index (χ1) is 13.0. The Hall–Kier alpha value is -2.37. The van der Waals surface area contributed by atoms with E-state index in [9.17, 15) is 9.59 Å². The Morgan fingerprint density at radius 3 is 2.19 bits per heavy atom. The Bertz CT molecular complexity index is 772. The molecule has 0 unspecified atom stereocenters. The normalized spacial score (nSPS) is 14.8. The number of carbonyl (C=O) groups excluding carboxylic acids is 2. The van der Waals surface area contributed by atoms with Gasteiger partial charge in [0.2, 0.25) is 11.8 Å². The van der Waals surface area contributed by atoms with Crippen LogP contribution in [0, 0.1) is 0 Å². The molecule has 0 saturated carbocycles. The number of rotatable bonds is 5. The highest BCUT2D eigenvalue weighted by Crippen LogP contribution is 2.18. The molecule has 6 heteroatoms. The van der Waals surface area contributed by atoms with Crippen molar-refractivity contribution in [2.45, 2.75) is 13.5 Å². The molecule has 0 spiro atoms. The summed E-state index contributed by atoms with van der Waals surface area (Å²) in [6, 6.07) is 17.3. The summed E-state index contributed by atoms with van der Waals surface area (Å²) in [5.74, 6) is -0.187. The molecule has 1 aliphatic rings. The summed E-state index contributed by atoms with van der Waals surface area (Å²) < 4.78 is 0. The van der Waals surface area contributed by atoms with E-state index in [0.717, 1.165) is 19.6 Å². The fourth-order valence-corrected chi connectivity index (χ4v) is 3.36. The summed E-state index contributed by atoms with van der Waals surface area (Å²) in [6.45, 7) is 5.45. The average Bonchev–Trinajstić information content (AvgIpc) is 2.68. The van der Waals surface area contributed by atoms with Gasteiger partial charge in [0, 0.05) is 50.4 Å². The number of anilines is 1. The summed E-state index contributed by atoms with van der Waals surface area (Å²) in [6.07, 6.45) is 0. The molecule has 0 radical (unpaired) electrons. The molecule has 142 valence electrons. The number of piperazine rings is 1. The first-order valence-corrected chi connectivity index (χ1v) is 9.48. The molecule has 0 atom stereocenters. The van der Waals surface area contributed by atoms with E-state index in [0.29, 0.717) is 23.8 Å². The van der Waals surface area contributed by atoms with Crippen LogP contribution in [0.15, 0.2) is 54.6 Å². The number of hydrogen-bond acceptors (Lipinski definition) is 3. The quantitative estimate of drug-likeness (QED) is 0.794. The predicted octanol–water partition coefficient (Wildman–Crippen LogP) is 3.04. The Morgan fingerprint density at radius 2 is 1.59 bits per heavy atom. The molecule has 0 N–H and O–H groups in total. The van der Waals surface area contributed by atoms with Crippen molar-refractivity contribution in [2.75, 3.05) is 37.6 Å². The maximum Gasteiger partial charge on any atom is 0.242 e. The minimum atomic E-state index is -0.159. The van der Waals surface area contributed by atoms with Crippen molar-refractivity contribution in [1.29, 1.82) is 0 Å². The summed E-state index contributed by atoms with van der Waals surface area (Å²) >= 11 is 5.91. The zero-order valence-electron chi connectivity index (χ0n) is 15.5. The summed E-state index contributed by atoms with van der Waals surface area (Å²) in [7, 11) is 0. The van der Waals surface area contributed by atoms with Gasteiger partial charge in [-0.15, -0.1) is 0 Å². The third-order valence-electron chi connectivity index (χ3n) is 4.79. The van der Waals surface area contributed by atoms with Gasteiger partial charge in [0.25, 0.3) is 0 Å². The Labute approximate surface area is 165 Å². The maximum absolute atomic E-state index is 12.7. The highest BCUT2D eigenvalue weighted by Gasteiger charge is 2.24. The number of hydrogen-bond donors (Lipinski definition) is 0. The van der Waals surface area contributed by atoms with E-state index in [1.807, 2.05) is 23.1 Å². The SMILES string of the molecule is CC(=O)N(CC(=O)N1CCN(Cc2ccccc2)CC1)c1ccc(Cl)cc1. The molecule has 2 aromatic carbocycles. The third kappa shape index (κ3) is 5.31. The first kappa shape index (κ1) is 19.4. The zero-order valence-corrected chi connectivity index (χ0v) is 16.2. The lowest BCUT2D eigenvalue weighted by molar-refractivity contribution is -0.132. The third-order valence-corrected chi connectivity index (χ3v) is 5.04. The van der Waals surface area contributed by atoms with E-state index in [1.165, 1.54) is 17.4 Å². The molecular formula is C21H24ClN3O2. The second kappa shape index (κ2) is 9.02. The van der Waals surface area contributed by atoms with Crippen LogP contribution in [0.25, 0.3) is 0 Å². The second-order valence-corrected chi connectivity index (χ2v) is 7.16. The van der Waals surface area contributed by atoms with Gasteiger partial charge < -0.3 is 9.80 Å². The number of amides is 2. The minimum Gasteiger partial charge on any atom is -0.339 e. The topological polar surface area (TPSA) is 43.9 Å². The lowest BCUT2D eigenvalue weighted by Gasteiger charge is -2.35. The van der Waals surface area contributed by atoms with E-state index < -0.39 is 0 Å². The first-order valence-electron chi connectivity index (χ1n) is 9.10. The highest BCUT2D eigenvalue weighted by atomic mass is 35.5. The van der Waals surface area contributed by atoms with Crippen LogP contribution in [0.4, 0.5) is 5.69 Å². The van der Waals surface area contributed by atoms with Crippen molar-refractivity contribution in [3.05, 3.63) is 65.2 Å². The van der Waals surface area contributed by atoms with Gasteiger partial charge in [0.05, 0.1) is 0 Å². The van der Waals surface area contributed by atoms with Gasteiger partial charge in [-0.2, -0.15) is 0 Å². The van der Waals surface area contributed by atoms with Gasteiger partial charge in [-0.05, 0) is 29.8 Å². The molecule has 0 aliphatic carbocycles. The van der Waals surface area contributed by atoms with Crippen LogP contribution in [-0.2, 0) is 16.1 Å². The Kier molecular flexibility index (Phi) is 6.48. The number of nitrogens with zero attached hydrogens (tertiary/aromatic N) is 3. The van der Waals surface area contributed by atoms with Gasteiger partial charge >= 0.3 is 0 Å². The van der Waals surface area contributed by atoms with E-state index in [-0.39, 0.29) is 18.4 Å². The average molecular weight is 386 g/mol. The van der Waals surface area contributed by atoms with Crippen LogP contribution in [-0.4, -0.2) is 54.3 Å². The van der Waals surface area contributed by atoms with Crippen LogP contribution in [0.5, 0.6) is 0 Å². The van der Waals surface area contributed by atoms with Crippen molar-refractivity contribution < 1.29 is 9.59 Å². The highest BCUT2D eigenvalue weighted by molar-refractivity contribution is 6.30. The maximum atomic E-state index is 12.7. The van der Waals surface area contributed by atoms with Crippen LogP contribution in [0.2, 0.25) is 5.02 Å². The monoisotopic (exact) mass is 385 g/mol. The van der Waals surface area contributed by atoms with Crippen molar-refractivity contribution in [3.63, 3.8) is 0 Å². The number of halogens is 1. The standard InChI is InChI=1S/C21H24ClN3O2/c1-17(26)25(20-9-7-19(22)8-10-20)16-21(27)24-13-11-23(12-14-24)15-18-5-3-2-4-6-18/h2-10H,11-16H2,1H3. The molecule has 1 fully saturated rings. The van der Waals surface area contributed by atoms with Crippen LogP contribution >= 0.6 is 11.6 Å². The summed E-state index contributed by atoms with van der Waals surface area (Å²) in [5.41, 5.74) is 1.96. The largest absolute Gasteiger partial charge is 0.339 e. The summed E-state index contributed by atoms with van der Waals surface area (Å²) in [5, 5.41) is 0.600. The van der Waals surface area contributed by atoms with Crippen LogP contribution in [0.3, 0.4) is 0 Å². The fourth-order valence-electron chi connectivity index (χ4n) is 3.24. The van der Waals surface area contributed by atoms with Crippen molar-refractivity contribution >= 4 is 29.1 Å². The molecular weight excluding hydrogens is 362 g/mol. The predicted molar refractivity (Wildman–Crippen MR) is 108 cm³/mol. The van der Waals surface area contributed by atoms with E-state index >= 15 is 0 Å². The van der Waals surface area contributed by atoms with Crippen LogP contribution < -0.4 is 4.90 Å². The molecule has 0 bridgehead atoms. The molecule has 27 heavy (non-hydrogen) atoms. The zero-order chi connectivity index (χ0) is 19.2. The van der Waals surface area contributed by atoms with E-state index in [2.05, 4.69) is 17.0 Å². The van der Waals surface area contributed by atoms with Gasteiger partial charge in [-0.25, -0.2) is 0 Å². The Morgan fingerprint density at radius 1 is 0.963 bits per heavy atom. The lowest BCUT2D eigenvalue weighted by atomic mass is 10.2. The smallest absolute Gasteiger partial charge is 0.242 e. The van der Waals surface area contributed by atoms with Crippen molar-refractivity contribution in [3.8, 4) is 0 Å². The number of carbonyl (C=O) groups is 2. The van der Waals surface area contributed by atoms with Gasteiger partial charge in [-0.1, -0.05) is 41.9 Å². The lowest BCUT2D eigenvalue weighted by Crippen LogP contribution is -2.51. The molecule has 2 aromatic rings. The Balaban J connectivity index is 1.55. The minimum absolute atomic E-state index is 0.0282. The van der Waals surface area contributed by atoms with E-state index in [4.69, 9.17) is 11.6 Å². The van der Waals surface area contributed by atoms with E-state index in [1.54, 1.807) is 24.3 Å². The van der Waals surface area contributed by atoms with Crippen molar-refractivity contribution in [2.24, 2.45) is 0 Å². The fraction of sp³-hybridized carbons (Fsp3) is 0.333. The molecule has 5 nitrogen and oxygen atoms in total. The summed E-state index contributed by atoms with van der Waals surface area (Å²) in [4.78, 5) is 30.4. The number of benzene rings is 2. The van der Waals surface area contributed by atoms with Crippen LogP contribution in [0.1, 0.15) is 12.5 Å². The second-order valence-electron chi connectivity index (χ2n) is 6.72. The van der Waals surface area contributed by atoms with Gasteiger partial charge in [0.1, 0.15) is 6.54 Å². The molecule has 1 aliphatic heterocycles. The van der Waals surface area contributed by atoms with Gasteiger partial charge in [-0.3, -0.25) is 14.5 Å². The molecule has 1 saturated heterocycles. The molecule has 3 rings (SSSR count). The van der Waals surface area contributed by atoms with Gasteiger partial charge in [0.15, 0.2) is 0 Å². The van der Waals surface area contributed by atoms with Crippen molar-refractivity contribution in [1.82, 2.24) is 9.80 Å².